The maximum atomic E-state index is 12.4. The molecule has 2 atom stereocenters. The van der Waals surface area contributed by atoms with Gasteiger partial charge >= 0.3 is 6.09 Å². The predicted molar refractivity (Wildman–Crippen MR) is 79.5 cm³/mol. The van der Waals surface area contributed by atoms with Gasteiger partial charge in [0.25, 0.3) is 0 Å². The second-order valence-corrected chi connectivity index (χ2v) is 7.76. The summed E-state index contributed by atoms with van der Waals surface area (Å²) in [7, 11) is 0. The SMILES string of the molecule is Cc1csc(C(=O)C2C3CN(C(=O)OC(C)(C)C)CC32)n1. The van der Waals surface area contributed by atoms with Gasteiger partial charge in [0.1, 0.15) is 5.60 Å². The second kappa shape index (κ2) is 4.80. The molecule has 2 aliphatic rings. The van der Waals surface area contributed by atoms with Crippen LogP contribution in [-0.2, 0) is 4.74 Å². The maximum absolute atomic E-state index is 12.4. The molecule has 0 aromatic carbocycles. The highest BCUT2D eigenvalue weighted by Gasteiger charge is 2.60. The third-order valence-corrected chi connectivity index (χ3v) is 4.95. The van der Waals surface area contributed by atoms with Crippen LogP contribution in [0.4, 0.5) is 4.79 Å². The van der Waals surface area contributed by atoms with Gasteiger partial charge in [0.05, 0.1) is 0 Å². The van der Waals surface area contributed by atoms with Crippen LogP contribution in [0.1, 0.15) is 36.3 Å². The van der Waals surface area contributed by atoms with Crippen LogP contribution in [0.3, 0.4) is 0 Å². The molecule has 0 bridgehead atoms. The van der Waals surface area contributed by atoms with E-state index in [-0.39, 0.29) is 29.6 Å². The summed E-state index contributed by atoms with van der Waals surface area (Å²) in [5.74, 6) is 0.768. The topological polar surface area (TPSA) is 59.5 Å². The van der Waals surface area contributed by atoms with Gasteiger partial charge in [-0.2, -0.15) is 0 Å². The van der Waals surface area contributed by atoms with Crippen LogP contribution in [-0.4, -0.2) is 40.5 Å². The number of hydrogen-bond donors (Lipinski definition) is 0. The van der Waals surface area contributed by atoms with Crippen molar-refractivity contribution in [3.05, 3.63) is 16.1 Å². The molecular formula is C15H20N2O3S. The molecule has 1 saturated carbocycles. The van der Waals surface area contributed by atoms with Crippen molar-refractivity contribution in [3.8, 4) is 0 Å². The van der Waals surface area contributed by atoms with Gasteiger partial charge in [0.15, 0.2) is 10.8 Å². The van der Waals surface area contributed by atoms with E-state index in [1.54, 1.807) is 4.90 Å². The Morgan fingerprint density at radius 2 is 1.95 bits per heavy atom. The second-order valence-electron chi connectivity index (χ2n) is 6.90. The molecule has 3 rings (SSSR count). The molecule has 0 spiro atoms. The summed E-state index contributed by atoms with van der Waals surface area (Å²) in [5, 5.41) is 2.51. The molecule has 1 amide bonds. The molecule has 1 aliphatic carbocycles. The number of piperidine rings is 1. The van der Waals surface area contributed by atoms with E-state index >= 15 is 0 Å². The minimum atomic E-state index is -0.475. The Morgan fingerprint density at radius 3 is 2.43 bits per heavy atom. The van der Waals surface area contributed by atoms with Gasteiger partial charge in [0.2, 0.25) is 0 Å². The lowest BCUT2D eigenvalue weighted by atomic mass is 10.2. The van der Waals surface area contributed by atoms with Crippen LogP contribution in [0, 0.1) is 24.7 Å². The van der Waals surface area contributed by atoms with Crippen molar-refractivity contribution < 1.29 is 14.3 Å². The average molecular weight is 308 g/mol. The quantitative estimate of drug-likeness (QED) is 0.788. The standard InChI is InChI=1S/C15H20N2O3S/c1-8-7-21-13(16-8)12(18)11-9-5-17(6-10(9)11)14(19)20-15(2,3)4/h7,9-11H,5-6H2,1-4H3. The molecule has 114 valence electrons. The molecular weight excluding hydrogens is 288 g/mol. The fraction of sp³-hybridized carbons (Fsp3) is 0.667. The van der Waals surface area contributed by atoms with E-state index in [9.17, 15) is 9.59 Å². The fourth-order valence-corrected chi connectivity index (χ4v) is 3.78. The zero-order valence-electron chi connectivity index (χ0n) is 12.8. The Labute approximate surface area is 128 Å². The van der Waals surface area contributed by atoms with Gasteiger partial charge in [0, 0.05) is 30.1 Å². The number of ketones is 1. The largest absolute Gasteiger partial charge is 0.444 e. The lowest BCUT2D eigenvalue weighted by Crippen LogP contribution is -2.37. The van der Waals surface area contributed by atoms with Crippen molar-refractivity contribution in [2.75, 3.05) is 13.1 Å². The van der Waals surface area contributed by atoms with Gasteiger partial charge in [-0.25, -0.2) is 9.78 Å². The summed E-state index contributed by atoms with van der Waals surface area (Å²) in [4.78, 5) is 30.3. The van der Waals surface area contributed by atoms with Crippen LogP contribution in [0.2, 0.25) is 0 Å². The third-order valence-electron chi connectivity index (χ3n) is 3.98. The molecule has 1 aromatic rings. The number of carbonyl (C=O) groups excluding carboxylic acids is 2. The molecule has 0 radical (unpaired) electrons. The van der Waals surface area contributed by atoms with Crippen LogP contribution < -0.4 is 0 Å². The first-order chi connectivity index (χ1) is 9.76. The molecule has 2 fully saturated rings. The van der Waals surface area contributed by atoms with Crippen molar-refractivity contribution in [3.63, 3.8) is 0 Å². The lowest BCUT2D eigenvalue weighted by Gasteiger charge is -2.25. The van der Waals surface area contributed by atoms with Crippen LogP contribution in [0.25, 0.3) is 0 Å². The van der Waals surface area contributed by atoms with E-state index in [0.29, 0.717) is 18.1 Å². The maximum Gasteiger partial charge on any atom is 0.410 e. The Hall–Kier alpha value is -1.43. The Balaban J connectivity index is 1.57. The normalized spacial score (nSPS) is 27.4. The highest BCUT2D eigenvalue weighted by molar-refractivity contribution is 7.11. The van der Waals surface area contributed by atoms with E-state index in [1.807, 2.05) is 33.1 Å². The molecule has 1 aliphatic heterocycles. The number of Topliss-reactive ketones (excluding diaryl/α,β-unsaturated/α-hetero) is 1. The van der Waals surface area contributed by atoms with E-state index in [2.05, 4.69) is 4.98 Å². The van der Waals surface area contributed by atoms with Crippen LogP contribution in [0.5, 0.6) is 0 Å². The number of ether oxygens (including phenoxy) is 1. The number of fused-ring (bicyclic) bond motifs is 1. The molecule has 6 heteroatoms. The third kappa shape index (κ3) is 2.81. The number of aryl methyl sites for hydroxylation is 1. The fourth-order valence-electron chi connectivity index (χ4n) is 3.00. The van der Waals surface area contributed by atoms with E-state index in [4.69, 9.17) is 4.74 Å². The van der Waals surface area contributed by atoms with Gasteiger partial charge in [-0.1, -0.05) is 0 Å². The molecule has 21 heavy (non-hydrogen) atoms. The molecule has 2 heterocycles. The number of amides is 1. The van der Waals surface area contributed by atoms with E-state index < -0.39 is 5.60 Å². The number of carbonyl (C=O) groups is 2. The molecule has 1 aromatic heterocycles. The lowest BCUT2D eigenvalue weighted by molar-refractivity contribution is 0.0264. The Morgan fingerprint density at radius 1 is 1.33 bits per heavy atom. The first-order valence-corrected chi connectivity index (χ1v) is 8.08. The minimum Gasteiger partial charge on any atom is -0.444 e. The average Bonchev–Trinajstić information content (AvgIpc) is 2.76. The van der Waals surface area contributed by atoms with Gasteiger partial charge in [-0.3, -0.25) is 4.79 Å². The van der Waals surface area contributed by atoms with Crippen molar-refractivity contribution in [2.24, 2.45) is 17.8 Å². The van der Waals surface area contributed by atoms with Crippen LogP contribution in [0.15, 0.2) is 5.38 Å². The molecule has 2 unspecified atom stereocenters. The summed E-state index contributed by atoms with van der Waals surface area (Å²) in [6, 6.07) is 0. The number of nitrogens with zero attached hydrogens (tertiary/aromatic N) is 2. The van der Waals surface area contributed by atoms with Crippen molar-refractivity contribution >= 4 is 23.2 Å². The molecule has 1 saturated heterocycles. The summed E-state index contributed by atoms with van der Waals surface area (Å²) in [6.07, 6.45) is -0.272. The summed E-state index contributed by atoms with van der Waals surface area (Å²) in [6.45, 7) is 8.72. The van der Waals surface area contributed by atoms with Gasteiger partial charge < -0.3 is 9.64 Å². The van der Waals surface area contributed by atoms with E-state index in [0.717, 1.165) is 5.69 Å². The summed E-state index contributed by atoms with van der Waals surface area (Å²) < 4.78 is 5.37. The summed E-state index contributed by atoms with van der Waals surface area (Å²) >= 11 is 1.41. The highest BCUT2D eigenvalue weighted by Crippen LogP contribution is 2.53. The number of thiazole rings is 1. The number of aromatic nitrogens is 1. The smallest absolute Gasteiger partial charge is 0.410 e. The number of likely N-dealkylation sites (tertiary alicyclic amines) is 1. The zero-order valence-corrected chi connectivity index (χ0v) is 13.6. The van der Waals surface area contributed by atoms with Crippen molar-refractivity contribution in [1.29, 1.82) is 0 Å². The zero-order chi connectivity index (χ0) is 15.4. The van der Waals surface area contributed by atoms with E-state index in [1.165, 1.54) is 11.3 Å². The van der Waals surface area contributed by atoms with Gasteiger partial charge in [-0.15, -0.1) is 11.3 Å². The number of rotatable bonds is 2. The highest BCUT2D eigenvalue weighted by atomic mass is 32.1. The van der Waals surface area contributed by atoms with Gasteiger partial charge in [-0.05, 0) is 39.5 Å². The first kappa shape index (κ1) is 14.5. The number of hydrogen-bond acceptors (Lipinski definition) is 5. The monoisotopic (exact) mass is 308 g/mol. The van der Waals surface area contributed by atoms with Crippen LogP contribution >= 0.6 is 11.3 Å². The first-order valence-electron chi connectivity index (χ1n) is 7.20. The Kier molecular flexibility index (Phi) is 3.31. The predicted octanol–water partition coefficient (Wildman–Crippen LogP) is 2.75. The van der Waals surface area contributed by atoms with Crippen molar-refractivity contribution in [1.82, 2.24) is 9.88 Å². The minimum absolute atomic E-state index is 0.0502. The van der Waals surface area contributed by atoms with Crippen molar-refractivity contribution in [2.45, 2.75) is 33.3 Å². The molecule has 0 N–H and O–H groups in total. The Bertz CT molecular complexity index is 578. The summed E-state index contributed by atoms with van der Waals surface area (Å²) in [5.41, 5.74) is 0.418. The molecule has 5 nitrogen and oxygen atoms in total.